The van der Waals surface area contributed by atoms with Gasteiger partial charge in [-0.2, -0.15) is 0 Å². The molecule has 2 fully saturated rings. The first-order valence-corrected chi connectivity index (χ1v) is 5.93. The van der Waals surface area contributed by atoms with Crippen LogP contribution in [0.1, 0.15) is 20.8 Å². The highest BCUT2D eigenvalue weighted by Gasteiger charge is 2.40. The SMILES string of the molecule is CCN1CCN2C(=O)N(C(C)C)CC2C1. The molecule has 0 aromatic rings. The third-order valence-corrected chi connectivity index (χ3v) is 3.54. The zero-order chi connectivity index (χ0) is 11.0. The van der Waals surface area contributed by atoms with E-state index in [0.717, 1.165) is 32.7 Å². The molecule has 4 heteroatoms. The molecule has 86 valence electrons. The van der Waals surface area contributed by atoms with Crippen LogP contribution in [-0.2, 0) is 0 Å². The molecule has 15 heavy (non-hydrogen) atoms. The molecular formula is C11H21N3O. The van der Waals surface area contributed by atoms with E-state index in [4.69, 9.17) is 0 Å². The molecule has 2 rings (SSSR count). The van der Waals surface area contributed by atoms with Crippen LogP contribution in [0.3, 0.4) is 0 Å². The molecule has 0 spiro atoms. The largest absolute Gasteiger partial charge is 0.320 e. The molecule has 2 aliphatic rings. The zero-order valence-corrected chi connectivity index (χ0v) is 9.94. The number of carbonyl (C=O) groups excluding carboxylic acids is 1. The number of fused-ring (bicyclic) bond motifs is 1. The van der Waals surface area contributed by atoms with Crippen molar-refractivity contribution in [2.24, 2.45) is 0 Å². The maximum absolute atomic E-state index is 12.0. The second-order valence-electron chi connectivity index (χ2n) is 4.77. The Morgan fingerprint density at radius 2 is 2.07 bits per heavy atom. The molecule has 0 radical (unpaired) electrons. The molecule has 0 saturated carbocycles. The van der Waals surface area contributed by atoms with Crippen LogP contribution < -0.4 is 0 Å². The van der Waals surface area contributed by atoms with E-state index >= 15 is 0 Å². The molecule has 2 saturated heterocycles. The summed E-state index contributed by atoms with van der Waals surface area (Å²) in [4.78, 5) is 18.5. The third-order valence-electron chi connectivity index (χ3n) is 3.54. The predicted octanol–water partition coefficient (Wildman–Crippen LogP) is 0.836. The fraction of sp³-hybridized carbons (Fsp3) is 0.909. The summed E-state index contributed by atoms with van der Waals surface area (Å²) in [5.74, 6) is 0. The Hall–Kier alpha value is -0.770. The molecule has 1 atom stereocenters. The Morgan fingerprint density at radius 3 is 2.67 bits per heavy atom. The summed E-state index contributed by atoms with van der Waals surface area (Å²) in [6.45, 7) is 11.4. The van der Waals surface area contributed by atoms with E-state index in [1.165, 1.54) is 0 Å². The van der Waals surface area contributed by atoms with Crippen LogP contribution in [0, 0.1) is 0 Å². The van der Waals surface area contributed by atoms with Gasteiger partial charge in [0.15, 0.2) is 0 Å². The minimum absolute atomic E-state index is 0.241. The summed E-state index contributed by atoms with van der Waals surface area (Å²) in [6, 6.07) is 0.998. The number of likely N-dealkylation sites (N-methyl/N-ethyl adjacent to an activating group) is 1. The normalized spacial score (nSPS) is 27.7. The first-order chi connectivity index (χ1) is 7.13. The summed E-state index contributed by atoms with van der Waals surface area (Å²) in [7, 11) is 0. The van der Waals surface area contributed by atoms with E-state index in [9.17, 15) is 4.79 Å². The van der Waals surface area contributed by atoms with Crippen LogP contribution in [-0.4, -0.2) is 65.5 Å². The summed E-state index contributed by atoms with van der Waals surface area (Å²) in [5.41, 5.74) is 0. The van der Waals surface area contributed by atoms with Crippen molar-refractivity contribution in [1.29, 1.82) is 0 Å². The highest BCUT2D eigenvalue weighted by atomic mass is 16.2. The van der Waals surface area contributed by atoms with Gasteiger partial charge in [-0.15, -0.1) is 0 Å². The van der Waals surface area contributed by atoms with Gasteiger partial charge in [0.25, 0.3) is 0 Å². The Labute approximate surface area is 91.8 Å². The minimum atomic E-state index is 0.241. The average Bonchev–Trinajstić information content (AvgIpc) is 2.55. The van der Waals surface area contributed by atoms with Gasteiger partial charge in [-0.05, 0) is 20.4 Å². The summed E-state index contributed by atoms with van der Waals surface area (Å²) >= 11 is 0. The molecular weight excluding hydrogens is 190 g/mol. The van der Waals surface area contributed by atoms with Gasteiger partial charge in [0.2, 0.25) is 0 Å². The average molecular weight is 211 g/mol. The van der Waals surface area contributed by atoms with Crippen molar-refractivity contribution in [1.82, 2.24) is 14.7 Å². The fourth-order valence-corrected chi connectivity index (χ4v) is 2.52. The van der Waals surface area contributed by atoms with E-state index in [-0.39, 0.29) is 6.03 Å². The number of hydrogen-bond donors (Lipinski definition) is 0. The first kappa shape index (κ1) is 10.7. The van der Waals surface area contributed by atoms with Gasteiger partial charge in [0, 0.05) is 32.2 Å². The summed E-state index contributed by atoms with van der Waals surface area (Å²) in [6.07, 6.45) is 0. The van der Waals surface area contributed by atoms with Crippen molar-refractivity contribution < 1.29 is 4.79 Å². The lowest BCUT2D eigenvalue weighted by molar-refractivity contribution is 0.124. The highest BCUT2D eigenvalue weighted by molar-refractivity contribution is 5.77. The van der Waals surface area contributed by atoms with E-state index in [1.807, 2.05) is 9.80 Å². The van der Waals surface area contributed by atoms with Crippen molar-refractivity contribution in [3.63, 3.8) is 0 Å². The summed E-state index contributed by atoms with van der Waals surface area (Å²) < 4.78 is 0. The lowest BCUT2D eigenvalue weighted by Gasteiger charge is -2.35. The van der Waals surface area contributed by atoms with E-state index in [1.54, 1.807) is 0 Å². The van der Waals surface area contributed by atoms with Gasteiger partial charge in [0.1, 0.15) is 0 Å². The molecule has 0 aliphatic carbocycles. The van der Waals surface area contributed by atoms with Crippen LogP contribution in [0.2, 0.25) is 0 Å². The third kappa shape index (κ3) is 1.83. The Kier molecular flexibility index (Phi) is 2.87. The number of rotatable bonds is 2. The molecule has 0 bridgehead atoms. The molecule has 0 aromatic carbocycles. The molecule has 4 nitrogen and oxygen atoms in total. The van der Waals surface area contributed by atoms with Crippen LogP contribution in [0.4, 0.5) is 4.79 Å². The van der Waals surface area contributed by atoms with Crippen molar-refractivity contribution in [3.8, 4) is 0 Å². The predicted molar refractivity (Wildman–Crippen MR) is 59.8 cm³/mol. The Bertz CT molecular complexity index is 254. The maximum Gasteiger partial charge on any atom is 0.320 e. The van der Waals surface area contributed by atoms with Crippen molar-refractivity contribution in [2.45, 2.75) is 32.9 Å². The molecule has 0 N–H and O–H groups in total. The van der Waals surface area contributed by atoms with E-state index in [0.29, 0.717) is 12.1 Å². The number of piperazine rings is 1. The number of amides is 2. The van der Waals surface area contributed by atoms with E-state index in [2.05, 4.69) is 25.7 Å². The number of carbonyl (C=O) groups is 1. The molecule has 2 aliphatic heterocycles. The van der Waals surface area contributed by atoms with Gasteiger partial charge >= 0.3 is 6.03 Å². The number of urea groups is 1. The van der Waals surface area contributed by atoms with Gasteiger partial charge in [-0.25, -0.2) is 4.79 Å². The number of nitrogens with zero attached hydrogens (tertiary/aromatic N) is 3. The smallest absolute Gasteiger partial charge is 0.320 e. The fourth-order valence-electron chi connectivity index (χ4n) is 2.52. The monoisotopic (exact) mass is 211 g/mol. The highest BCUT2D eigenvalue weighted by Crippen LogP contribution is 2.21. The molecule has 2 heterocycles. The zero-order valence-electron chi connectivity index (χ0n) is 9.94. The standard InChI is InChI=1S/C11H21N3O/c1-4-12-5-6-13-10(7-12)8-14(9(2)3)11(13)15/h9-10H,4-8H2,1-3H3. The van der Waals surface area contributed by atoms with E-state index < -0.39 is 0 Å². The van der Waals surface area contributed by atoms with Crippen molar-refractivity contribution in [2.75, 3.05) is 32.7 Å². The lowest BCUT2D eigenvalue weighted by Crippen LogP contribution is -2.51. The van der Waals surface area contributed by atoms with Crippen molar-refractivity contribution >= 4 is 6.03 Å². The first-order valence-electron chi connectivity index (χ1n) is 5.93. The molecule has 0 aromatic heterocycles. The van der Waals surface area contributed by atoms with Gasteiger partial charge in [-0.1, -0.05) is 6.92 Å². The lowest BCUT2D eigenvalue weighted by atomic mass is 10.2. The second kappa shape index (κ2) is 4.00. The minimum Gasteiger partial charge on any atom is -0.320 e. The van der Waals surface area contributed by atoms with Crippen LogP contribution >= 0.6 is 0 Å². The molecule has 1 unspecified atom stereocenters. The topological polar surface area (TPSA) is 26.8 Å². The summed E-state index contributed by atoms with van der Waals surface area (Å²) in [5, 5.41) is 0. The van der Waals surface area contributed by atoms with Crippen molar-refractivity contribution in [3.05, 3.63) is 0 Å². The Balaban J connectivity index is 2.04. The van der Waals surface area contributed by atoms with Gasteiger partial charge in [-0.3, -0.25) is 4.90 Å². The maximum atomic E-state index is 12.0. The van der Waals surface area contributed by atoms with Crippen LogP contribution in [0.15, 0.2) is 0 Å². The molecule has 2 amide bonds. The second-order valence-corrected chi connectivity index (χ2v) is 4.77. The van der Waals surface area contributed by atoms with Crippen LogP contribution in [0.5, 0.6) is 0 Å². The Morgan fingerprint density at radius 1 is 1.33 bits per heavy atom. The van der Waals surface area contributed by atoms with Gasteiger partial charge in [0.05, 0.1) is 6.04 Å². The van der Waals surface area contributed by atoms with Crippen LogP contribution in [0.25, 0.3) is 0 Å². The quantitative estimate of drug-likeness (QED) is 0.676. The number of hydrogen-bond acceptors (Lipinski definition) is 2. The van der Waals surface area contributed by atoms with Gasteiger partial charge < -0.3 is 9.80 Å².